The first-order chi connectivity index (χ1) is 19.9. The van der Waals surface area contributed by atoms with Gasteiger partial charge in [0.1, 0.15) is 0 Å². The molecule has 234 valence electrons. The first kappa shape index (κ1) is 37.2. The van der Waals surface area contributed by atoms with Crippen molar-refractivity contribution in [3.05, 3.63) is 30.6 Å². The van der Waals surface area contributed by atoms with Crippen molar-refractivity contribution in [3.63, 3.8) is 0 Å². The third kappa shape index (κ3) is 24.9. The van der Waals surface area contributed by atoms with Crippen LogP contribution in [0.1, 0.15) is 219 Å². The minimum atomic E-state index is 0.709. The number of aromatic nitrogens is 1. The van der Waals surface area contributed by atoms with Crippen molar-refractivity contribution in [2.45, 2.75) is 219 Å². The summed E-state index contributed by atoms with van der Waals surface area (Å²) in [6.07, 6.45) is 49.4. The van der Waals surface area contributed by atoms with Gasteiger partial charge in [0.25, 0.3) is 0 Å². The third-order valence-electron chi connectivity index (χ3n) is 9.19. The quantitative estimate of drug-likeness (QED) is 0.0613. The van der Waals surface area contributed by atoms with Gasteiger partial charge in [0.2, 0.25) is 0 Å². The van der Waals surface area contributed by atoms with Crippen molar-refractivity contribution >= 4 is 0 Å². The summed E-state index contributed by atoms with van der Waals surface area (Å²) < 4.78 is 2.51. The van der Waals surface area contributed by atoms with Crippen LogP contribution in [0.4, 0.5) is 0 Å². The first-order valence-electron chi connectivity index (χ1n) is 18.8. The van der Waals surface area contributed by atoms with E-state index in [-0.39, 0.29) is 0 Å². The van der Waals surface area contributed by atoms with Gasteiger partial charge in [-0.3, -0.25) is 0 Å². The molecule has 0 aliphatic heterocycles. The van der Waals surface area contributed by atoms with E-state index in [0.717, 1.165) is 0 Å². The monoisotopic (exact) mass is 557 g/mol. The summed E-state index contributed by atoms with van der Waals surface area (Å²) in [5.41, 5.74) is 0. The Morgan fingerprint density at radius 3 is 0.850 bits per heavy atom. The van der Waals surface area contributed by atoms with Gasteiger partial charge >= 0.3 is 0 Å². The van der Waals surface area contributed by atoms with Crippen molar-refractivity contribution < 1.29 is 4.57 Å². The molecule has 0 spiro atoms. The Kier molecular flexibility index (Phi) is 28.9. The molecular weight excluding hydrogens is 482 g/mol. The second-order valence-corrected chi connectivity index (χ2v) is 13.1. The standard InChI is InChI=1S/C39H74N/c1-3-5-7-9-11-13-15-17-18-19-21-23-25-27-29-32-36-39(40-37-33-30-34-38-40)35-31-28-26-24-22-20-16-14-12-10-8-6-4-2/h30,33-34,37-39H,3-29,31-32,35-36H2,1-2H3/q+1. The Morgan fingerprint density at radius 2 is 0.575 bits per heavy atom. The van der Waals surface area contributed by atoms with Crippen LogP contribution < -0.4 is 4.57 Å². The Hall–Kier alpha value is -0.850. The van der Waals surface area contributed by atoms with Gasteiger partial charge in [0, 0.05) is 25.0 Å². The second kappa shape index (κ2) is 31.1. The summed E-state index contributed by atoms with van der Waals surface area (Å²) in [6.45, 7) is 4.62. The molecule has 1 rings (SSSR count). The van der Waals surface area contributed by atoms with Gasteiger partial charge in [-0.1, -0.05) is 193 Å². The normalized spacial score (nSPS) is 12.2. The van der Waals surface area contributed by atoms with Gasteiger partial charge in [-0.15, -0.1) is 0 Å². The van der Waals surface area contributed by atoms with E-state index in [1.165, 1.54) is 199 Å². The Balaban J connectivity index is 1.98. The molecule has 1 aromatic rings. The summed E-state index contributed by atoms with van der Waals surface area (Å²) in [7, 11) is 0. The molecule has 1 heterocycles. The summed E-state index contributed by atoms with van der Waals surface area (Å²) >= 11 is 0. The molecule has 0 fully saturated rings. The van der Waals surface area contributed by atoms with Crippen LogP contribution >= 0.6 is 0 Å². The molecule has 40 heavy (non-hydrogen) atoms. The first-order valence-corrected chi connectivity index (χ1v) is 18.8. The number of hydrogen-bond donors (Lipinski definition) is 0. The largest absolute Gasteiger partial charge is 0.202 e. The molecule has 0 bridgehead atoms. The molecule has 0 aliphatic carbocycles. The zero-order valence-corrected chi connectivity index (χ0v) is 27.8. The zero-order valence-electron chi connectivity index (χ0n) is 27.8. The molecule has 0 radical (unpaired) electrons. The van der Waals surface area contributed by atoms with Gasteiger partial charge in [-0.05, 0) is 12.8 Å². The molecule has 0 amide bonds. The number of rotatable bonds is 32. The zero-order chi connectivity index (χ0) is 28.6. The van der Waals surface area contributed by atoms with E-state index in [4.69, 9.17) is 0 Å². The lowest BCUT2D eigenvalue weighted by Crippen LogP contribution is -2.38. The van der Waals surface area contributed by atoms with E-state index in [2.05, 4.69) is 49.0 Å². The second-order valence-electron chi connectivity index (χ2n) is 13.1. The molecular formula is C39H74N+. The predicted molar refractivity (Wildman–Crippen MR) is 180 cm³/mol. The average molecular weight is 557 g/mol. The van der Waals surface area contributed by atoms with E-state index in [9.17, 15) is 0 Å². The van der Waals surface area contributed by atoms with E-state index in [1.807, 2.05) is 0 Å². The van der Waals surface area contributed by atoms with Crippen LogP contribution in [0.2, 0.25) is 0 Å². The van der Waals surface area contributed by atoms with Crippen LogP contribution in [0.5, 0.6) is 0 Å². The van der Waals surface area contributed by atoms with Crippen LogP contribution in [-0.4, -0.2) is 0 Å². The molecule has 0 aliphatic rings. The van der Waals surface area contributed by atoms with Crippen molar-refractivity contribution in [3.8, 4) is 0 Å². The number of nitrogens with zero attached hydrogens (tertiary/aromatic N) is 1. The lowest BCUT2D eigenvalue weighted by Gasteiger charge is -2.13. The van der Waals surface area contributed by atoms with E-state index in [1.54, 1.807) is 0 Å². The van der Waals surface area contributed by atoms with E-state index < -0.39 is 0 Å². The highest BCUT2D eigenvalue weighted by Crippen LogP contribution is 2.20. The predicted octanol–water partition coefficient (Wildman–Crippen LogP) is 13.6. The number of hydrogen-bond acceptors (Lipinski definition) is 0. The van der Waals surface area contributed by atoms with Crippen LogP contribution in [0.25, 0.3) is 0 Å². The summed E-state index contributed by atoms with van der Waals surface area (Å²) in [5.74, 6) is 0. The fourth-order valence-corrected chi connectivity index (χ4v) is 6.42. The van der Waals surface area contributed by atoms with Crippen LogP contribution in [-0.2, 0) is 0 Å². The van der Waals surface area contributed by atoms with Gasteiger partial charge in [0.05, 0.1) is 0 Å². The maximum absolute atomic E-state index is 2.51. The van der Waals surface area contributed by atoms with Crippen molar-refractivity contribution in [1.29, 1.82) is 0 Å². The molecule has 0 N–H and O–H groups in total. The Labute approximate surface area is 253 Å². The molecule has 0 saturated carbocycles. The molecule has 1 nitrogen and oxygen atoms in total. The topological polar surface area (TPSA) is 3.88 Å². The Morgan fingerprint density at radius 1 is 0.325 bits per heavy atom. The lowest BCUT2D eigenvalue weighted by molar-refractivity contribution is -0.724. The fraction of sp³-hybridized carbons (Fsp3) is 0.872. The third-order valence-corrected chi connectivity index (χ3v) is 9.19. The fourth-order valence-electron chi connectivity index (χ4n) is 6.42. The molecule has 1 heteroatoms. The van der Waals surface area contributed by atoms with Crippen LogP contribution in [0.3, 0.4) is 0 Å². The summed E-state index contributed by atoms with van der Waals surface area (Å²) in [5, 5.41) is 0. The van der Waals surface area contributed by atoms with Crippen LogP contribution in [0.15, 0.2) is 30.6 Å². The van der Waals surface area contributed by atoms with Crippen LogP contribution in [0, 0.1) is 0 Å². The van der Waals surface area contributed by atoms with Crippen molar-refractivity contribution in [2.75, 3.05) is 0 Å². The summed E-state index contributed by atoms with van der Waals surface area (Å²) in [4.78, 5) is 0. The van der Waals surface area contributed by atoms with Gasteiger partial charge in [-0.2, -0.15) is 0 Å². The lowest BCUT2D eigenvalue weighted by atomic mass is 9.99. The number of unbranched alkanes of at least 4 members (excludes halogenated alkanes) is 27. The van der Waals surface area contributed by atoms with E-state index in [0.29, 0.717) is 6.04 Å². The van der Waals surface area contributed by atoms with Gasteiger partial charge in [0.15, 0.2) is 18.4 Å². The number of pyridine rings is 1. The highest BCUT2D eigenvalue weighted by molar-refractivity contribution is 4.84. The minimum absolute atomic E-state index is 0.709. The summed E-state index contributed by atoms with van der Waals surface area (Å²) in [6, 6.07) is 7.29. The van der Waals surface area contributed by atoms with Gasteiger partial charge < -0.3 is 0 Å². The van der Waals surface area contributed by atoms with E-state index >= 15 is 0 Å². The Bertz CT molecular complexity index is 582. The molecule has 1 aromatic heterocycles. The maximum Gasteiger partial charge on any atom is 0.169 e. The SMILES string of the molecule is CCCCCCCCCCCCCCCCCCC(CCCCCCCCCCCCCCC)[n+]1ccccc1. The molecule has 0 aromatic carbocycles. The van der Waals surface area contributed by atoms with Crippen molar-refractivity contribution in [1.82, 2.24) is 0 Å². The minimum Gasteiger partial charge on any atom is -0.202 e. The van der Waals surface area contributed by atoms with Crippen molar-refractivity contribution in [2.24, 2.45) is 0 Å². The maximum atomic E-state index is 2.51. The highest BCUT2D eigenvalue weighted by Gasteiger charge is 2.17. The average Bonchev–Trinajstić information content (AvgIpc) is 2.98. The molecule has 0 saturated heterocycles. The highest BCUT2D eigenvalue weighted by atomic mass is 15.0. The van der Waals surface area contributed by atoms with Gasteiger partial charge in [-0.25, -0.2) is 4.57 Å². The smallest absolute Gasteiger partial charge is 0.169 e. The molecule has 1 unspecified atom stereocenters. The molecule has 1 atom stereocenters.